The normalized spacial score (nSPS) is 17.9. The average molecular weight is 404 g/mol. The van der Waals surface area contributed by atoms with Crippen LogP contribution in [0.15, 0.2) is 23.5 Å². The summed E-state index contributed by atoms with van der Waals surface area (Å²) in [6.07, 6.45) is 5.42. The van der Waals surface area contributed by atoms with Crippen molar-refractivity contribution >= 4 is 18.0 Å². The summed E-state index contributed by atoms with van der Waals surface area (Å²) in [5.41, 5.74) is -0.476. The lowest BCUT2D eigenvalue weighted by atomic mass is 10.2. The summed E-state index contributed by atoms with van der Waals surface area (Å²) in [7, 11) is 1.79. The van der Waals surface area contributed by atoms with E-state index in [1.54, 1.807) is 19.4 Å². The zero-order valence-corrected chi connectivity index (χ0v) is 18.0. The van der Waals surface area contributed by atoms with Gasteiger partial charge in [0.25, 0.3) is 0 Å². The number of carbonyl (C=O) groups is 1. The van der Waals surface area contributed by atoms with E-state index in [1.165, 1.54) is 0 Å². The van der Waals surface area contributed by atoms with Gasteiger partial charge in [0.05, 0.1) is 0 Å². The van der Waals surface area contributed by atoms with Gasteiger partial charge in [-0.15, -0.1) is 0 Å². The van der Waals surface area contributed by atoms with Crippen LogP contribution in [0.4, 0.5) is 10.7 Å². The molecule has 2 heterocycles. The van der Waals surface area contributed by atoms with Gasteiger partial charge in [-0.1, -0.05) is 0 Å². The first-order chi connectivity index (χ1) is 13.9. The Bertz CT molecular complexity index is 693. The first-order valence-electron chi connectivity index (χ1n) is 10.3. The summed E-state index contributed by atoms with van der Waals surface area (Å²) in [5, 5.41) is 3.40. The number of hydrogen-bond donors (Lipinski definition) is 1. The van der Waals surface area contributed by atoms with Crippen LogP contribution in [0, 0.1) is 0 Å². The molecule has 1 aromatic rings. The molecule has 29 heavy (non-hydrogen) atoms. The Morgan fingerprint density at radius 1 is 1.24 bits per heavy atom. The predicted molar refractivity (Wildman–Crippen MR) is 113 cm³/mol. The van der Waals surface area contributed by atoms with Crippen molar-refractivity contribution in [1.82, 2.24) is 25.1 Å². The highest BCUT2D eigenvalue weighted by molar-refractivity contribution is 5.80. The minimum absolute atomic E-state index is 0.228. The standard InChI is InChI=1S/C20H33N7O2/c1-20(2,3)29-19(28)27(16-6-7-16)11-10-24-17(21-4)25-12-14-26(15-13-25)18-22-8-5-9-23-18/h5,8-9,16H,6-7,10-15H2,1-4H3,(H,21,24). The number of aliphatic imine (C=N–C) groups is 1. The predicted octanol–water partition coefficient (Wildman–Crippen LogP) is 1.57. The molecule has 2 aliphatic rings. The molecular weight excluding hydrogens is 370 g/mol. The van der Waals surface area contributed by atoms with Crippen molar-refractivity contribution in [2.45, 2.75) is 45.3 Å². The lowest BCUT2D eigenvalue weighted by molar-refractivity contribution is 0.0237. The van der Waals surface area contributed by atoms with Gasteiger partial charge in [0.15, 0.2) is 5.96 Å². The molecule has 0 unspecified atom stereocenters. The maximum atomic E-state index is 12.5. The molecule has 1 amide bonds. The molecule has 1 aromatic heterocycles. The number of anilines is 1. The summed E-state index contributed by atoms with van der Waals surface area (Å²) in [4.78, 5) is 31.8. The second-order valence-electron chi connectivity index (χ2n) is 8.40. The Balaban J connectivity index is 1.46. The van der Waals surface area contributed by atoms with Gasteiger partial charge in [-0.2, -0.15) is 0 Å². The smallest absolute Gasteiger partial charge is 0.410 e. The third kappa shape index (κ3) is 6.20. The number of guanidine groups is 1. The van der Waals surface area contributed by atoms with Gasteiger partial charge >= 0.3 is 6.09 Å². The van der Waals surface area contributed by atoms with E-state index >= 15 is 0 Å². The summed E-state index contributed by atoms with van der Waals surface area (Å²) >= 11 is 0. The van der Waals surface area contributed by atoms with E-state index in [0.29, 0.717) is 19.1 Å². The molecule has 1 saturated carbocycles. The number of amides is 1. The fourth-order valence-electron chi connectivity index (χ4n) is 3.32. The van der Waals surface area contributed by atoms with Crippen molar-refractivity contribution in [2.24, 2.45) is 4.99 Å². The first-order valence-corrected chi connectivity index (χ1v) is 10.3. The largest absolute Gasteiger partial charge is 0.444 e. The van der Waals surface area contributed by atoms with Gasteiger partial charge in [0, 0.05) is 64.8 Å². The lowest BCUT2D eigenvalue weighted by Crippen LogP contribution is -2.54. The minimum Gasteiger partial charge on any atom is -0.444 e. The Kier molecular flexibility index (Phi) is 6.76. The third-order valence-electron chi connectivity index (χ3n) is 4.88. The van der Waals surface area contributed by atoms with Gasteiger partial charge < -0.3 is 24.8 Å². The zero-order valence-electron chi connectivity index (χ0n) is 18.0. The highest BCUT2D eigenvalue weighted by atomic mass is 16.6. The third-order valence-corrected chi connectivity index (χ3v) is 4.88. The molecule has 0 aromatic carbocycles. The monoisotopic (exact) mass is 403 g/mol. The van der Waals surface area contributed by atoms with Crippen molar-refractivity contribution in [1.29, 1.82) is 0 Å². The fourth-order valence-corrected chi connectivity index (χ4v) is 3.32. The molecule has 9 nitrogen and oxygen atoms in total. The summed E-state index contributed by atoms with van der Waals surface area (Å²) in [6, 6.07) is 2.14. The van der Waals surface area contributed by atoms with E-state index in [1.807, 2.05) is 31.7 Å². The Morgan fingerprint density at radius 3 is 2.45 bits per heavy atom. The molecule has 160 valence electrons. The molecule has 0 bridgehead atoms. The summed E-state index contributed by atoms with van der Waals surface area (Å²) < 4.78 is 5.56. The van der Waals surface area contributed by atoms with E-state index in [0.717, 1.165) is 50.9 Å². The van der Waals surface area contributed by atoms with Gasteiger partial charge in [-0.3, -0.25) is 4.99 Å². The number of piperazine rings is 1. The number of ether oxygens (including phenoxy) is 1. The highest BCUT2D eigenvalue weighted by Crippen LogP contribution is 2.28. The summed E-state index contributed by atoms with van der Waals surface area (Å²) in [6.45, 7) is 10.3. The maximum Gasteiger partial charge on any atom is 0.410 e. The van der Waals surface area contributed by atoms with Crippen LogP contribution < -0.4 is 10.2 Å². The molecule has 9 heteroatoms. The van der Waals surface area contributed by atoms with Crippen molar-refractivity contribution in [2.75, 3.05) is 51.2 Å². The van der Waals surface area contributed by atoms with Crippen LogP contribution in [-0.4, -0.2) is 89.8 Å². The van der Waals surface area contributed by atoms with Crippen molar-refractivity contribution in [3.63, 3.8) is 0 Å². The Hall–Kier alpha value is -2.58. The Labute approximate surface area is 173 Å². The first kappa shape index (κ1) is 21.1. The van der Waals surface area contributed by atoms with E-state index in [2.05, 4.69) is 30.1 Å². The highest BCUT2D eigenvalue weighted by Gasteiger charge is 2.35. The number of hydrogen-bond acceptors (Lipinski definition) is 6. The Morgan fingerprint density at radius 2 is 1.90 bits per heavy atom. The molecule has 1 N–H and O–H groups in total. The lowest BCUT2D eigenvalue weighted by Gasteiger charge is -2.36. The number of rotatable bonds is 5. The van der Waals surface area contributed by atoms with Crippen molar-refractivity contribution in [3.05, 3.63) is 18.5 Å². The van der Waals surface area contributed by atoms with E-state index in [-0.39, 0.29) is 6.09 Å². The molecule has 2 fully saturated rings. The molecule has 0 atom stereocenters. The quantitative estimate of drug-likeness (QED) is 0.590. The second kappa shape index (κ2) is 9.28. The molecule has 1 aliphatic carbocycles. The minimum atomic E-state index is -0.476. The SMILES string of the molecule is CN=C(NCCN(C(=O)OC(C)(C)C)C1CC1)N1CCN(c2ncccn2)CC1. The van der Waals surface area contributed by atoms with Crippen molar-refractivity contribution in [3.8, 4) is 0 Å². The van der Waals surface area contributed by atoms with Gasteiger partial charge in [-0.05, 0) is 39.7 Å². The fraction of sp³-hybridized carbons (Fsp3) is 0.700. The van der Waals surface area contributed by atoms with Crippen LogP contribution in [0.3, 0.4) is 0 Å². The molecule has 3 rings (SSSR count). The average Bonchev–Trinajstić information content (AvgIpc) is 3.53. The van der Waals surface area contributed by atoms with Crippen LogP contribution in [0.1, 0.15) is 33.6 Å². The van der Waals surface area contributed by atoms with Crippen LogP contribution in [0.2, 0.25) is 0 Å². The van der Waals surface area contributed by atoms with Crippen LogP contribution in [0.25, 0.3) is 0 Å². The molecule has 1 aliphatic heterocycles. The van der Waals surface area contributed by atoms with E-state index in [4.69, 9.17) is 4.74 Å². The van der Waals surface area contributed by atoms with Crippen LogP contribution >= 0.6 is 0 Å². The maximum absolute atomic E-state index is 12.5. The van der Waals surface area contributed by atoms with Crippen LogP contribution in [-0.2, 0) is 4.74 Å². The molecule has 1 saturated heterocycles. The van der Waals surface area contributed by atoms with E-state index in [9.17, 15) is 4.79 Å². The number of nitrogens with zero attached hydrogens (tertiary/aromatic N) is 6. The second-order valence-corrected chi connectivity index (χ2v) is 8.40. The van der Waals surface area contributed by atoms with Crippen LogP contribution in [0.5, 0.6) is 0 Å². The van der Waals surface area contributed by atoms with Gasteiger partial charge in [-0.25, -0.2) is 14.8 Å². The molecular formula is C20H33N7O2. The number of nitrogens with one attached hydrogen (secondary N) is 1. The number of aromatic nitrogens is 2. The van der Waals surface area contributed by atoms with Gasteiger partial charge in [0.2, 0.25) is 5.95 Å². The zero-order chi connectivity index (χ0) is 20.9. The van der Waals surface area contributed by atoms with Gasteiger partial charge in [0.1, 0.15) is 5.60 Å². The number of carbonyl (C=O) groups excluding carboxylic acids is 1. The van der Waals surface area contributed by atoms with Crippen molar-refractivity contribution < 1.29 is 9.53 Å². The molecule has 0 spiro atoms. The summed E-state index contributed by atoms with van der Waals surface area (Å²) in [5.74, 6) is 1.63. The van der Waals surface area contributed by atoms with E-state index < -0.39 is 5.60 Å². The topological polar surface area (TPSA) is 86.2 Å². The molecule has 0 radical (unpaired) electrons.